The van der Waals surface area contributed by atoms with Crippen molar-refractivity contribution in [3.63, 3.8) is 0 Å². The maximum absolute atomic E-state index is 12.4. The summed E-state index contributed by atoms with van der Waals surface area (Å²) in [6.07, 6.45) is 0.420. The molecule has 0 aliphatic heterocycles. The lowest BCUT2D eigenvalue weighted by atomic mass is 10.0. The van der Waals surface area contributed by atoms with Crippen LogP contribution in [0.5, 0.6) is 5.75 Å². The Morgan fingerprint density at radius 2 is 1.68 bits per heavy atom. The van der Waals surface area contributed by atoms with Crippen molar-refractivity contribution in [1.29, 1.82) is 0 Å². The molecule has 0 aromatic heterocycles. The molecule has 3 nitrogen and oxygen atoms in total. The molecule has 0 bridgehead atoms. The number of nitrogens with one attached hydrogen (secondary N) is 1. The second kappa shape index (κ2) is 8.39. The zero-order chi connectivity index (χ0) is 18.6. The number of hydrogen-bond acceptors (Lipinski definition) is 2. The Balaban J connectivity index is 1.99. The molecule has 0 heterocycles. The molecular weight excluding hydrogens is 334 g/mol. The first-order chi connectivity index (χ1) is 11.8. The number of hydrogen-bond donors (Lipinski definition) is 1. The molecule has 0 spiro atoms. The van der Waals surface area contributed by atoms with Crippen LogP contribution in [-0.2, 0) is 11.2 Å². The van der Waals surface area contributed by atoms with E-state index in [1.165, 1.54) is 5.56 Å². The molecule has 25 heavy (non-hydrogen) atoms. The van der Waals surface area contributed by atoms with Crippen LogP contribution in [0.4, 0.5) is 0 Å². The highest BCUT2D eigenvalue weighted by Crippen LogP contribution is 2.26. The van der Waals surface area contributed by atoms with Crippen molar-refractivity contribution in [1.82, 2.24) is 5.32 Å². The fourth-order valence-corrected chi connectivity index (χ4v) is 2.80. The van der Waals surface area contributed by atoms with Crippen molar-refractivity contribution < 1.29 is 9.53 Å². The maximum atomic E-state index is 12.4. The molecule has 0 aliphatic rings. The molecule has 0 aliphatic carbocycles. The third-order valence-corrected chi connectivity index (χ3v) is 4.93. The van der Waals surface area contributed by atoms with Crippen molar-refractivity contribution in [2.24, 2.45) is 0 Å². The van der Waals surface area contributed by atoms with Crippen LogP contribution in [0.2, 0.25) is 5.02 Å². The molecule has 0 saturated carbocycles. The highest BCUT2D eigenvalue weighted by atomic mass is 35.5. The molecular formula is C21H26ClNO2. The number of benzene rings is 2. The van der Waals surface area contributed by atoms with Gasteiger partial charge in [0, 0.05) is 5.02 Å². The predicted molar refractivity (Wildman–Crippen MR) is 103 cm³/mol. The van der Waals surface area contributed by atoms with Crippen LogP contribution in [0.1, 0.15) is 49.1 Å². The number of aryl methyl sites for hydroxylation is 3. The SMILES string of the molecule is CCc1ccc(C(C)NC(=O)C(C)Oc2cc(C)c(Cl)c(C)c2)cc1. The molecule has 2 unspecified atom stereocenters. The lowest BCUT2D eigenvalue weighted by Crippen LogP contribution is -2.37. The topological polar surface area (TPSA) is 38.3 Å². The summed E-state index contributed by atoms with van der Waals surface area (Å²) in [5.41, 5.74) is 4.24. The number of carbonyl (C=O) groups excluding carboxylic acids is 1. The Labute approximate surface area is 155 Å². The van der Waals surface area contributed by atoms with Gasteiger partial charge in [-0.25, -0.2) is 0 Å². The zero-order valence-electron chi connectivity index (χ0n) is 15.5. The standard InChI is InChI=1S/C21H26ClNO2/c1-6-17-7-9-18(10-8-17)15(4)23-21(24)16(5)25-19-11-13(2)20(22)14(3)12-19/h7-12,15-16H,6H2,1-5H3,(H,23,24). The van der Waals surface area contributed by atoms with Gasteiger partial charge in [0.05, 0.1) is 6.04 Å². The Hall–Kier alpha value is -2.00. The van der Waals surface area contributed by atoms with Gasteiger partial charge in [-0.3, -0.25) is 4.79 Å². The summed E-state index contributed by atoms with van der Waals surface area (Å²) < 4.78 is 5.80. The number of carbonyl (C=O) groups is 1. The molecule has 2 aromatic rings. The van der Waals surface area contributed by atoms with Gasteiger partial charge in [0.25, 0.3) is 5.91 Å². The van der Waals surface area contributed by atoms with Crippen LogP contribution in [0.15, 0.2) is 36.4 Å². The minimum Gasteiger partial charge on any atom is -0.481 e. The van der Waals surface area contributed by atoms with Crippen LogP contribution >= 0.6 is 11.6 Å². The Morgan fingerprint density at radius 3 is 2.20 bits per heavy atom. The van der Waals surface area contributed by atoms with Gasteiger partial charge >= 0.3 is 0 Å². The Kier molecular flexibility index (Phi) is 6.49. The smallest absolute Gasteiger partial charge is 0.261 e. The first kappa shape index (κ1) is 19.3. The summed E-state index contributed by atoms with van der Waals surface area (Å²) in [5.74, 6) is 0.513. The van der Waals surface area contributed by atoms with Gasteiger partial charge in [-0.1, -0.05) is 42.8 Å². The molecule has 134 valence electrons. The van der Waals surface area contributed by atoms with E-state index >= 15 is 0 Å². The first-order valence-electron chi connectivity index (χ1n) is 8.64. The van der Waals surface area contributed by atoms with E-state index in [0.717, 1.165) is 28.1 Å². The molecule has 2 rings (SSSR count). The van der Waals surface area contributed by atoms with Gasteiger partial charge in [-0.15, -0.1) is 0 Å². The molecule has 1 amide bonds. The lowest BCUT2D eigenvalue weighted by molar-refractivity contribution is -0.127. The van der Waals surface area contributed by atoms with Gasteiger partial charge in [0.2, 0.25) is 0 Å². The zero-order valence-corrected chi connectivity index (χ0v) is 16.3. The van der Waals surface area contributed by atoms with E-state index in [2.05, 4.69) is 36.5 Å². The largest absolute Gasteiger partial charge is 0.481 e. The van der Waals surface area contributed by atoms with E-state index in [1.54, 1.807) is 6.92 Å². The van der Waals surface area contributed by atoms with Crippen LogP contribution in [0, 0.1) is 13.8 Å². The third kappa shape index (κ3) is 4.99. The van der Waals surface area contributed by atoms with Gasteiger partial charge in [-0.2, -0.15) is 0 Å². The summed E-state index contributed by atoms with van der Waals surface area (Å²) in [5, 5.41) is 3.73. The first-order valence-corrected chi connectivity index (χ1v) is 9.02. The van der Waals surface area contributed by atoms with Gasteiger partial charge in [0.15, 0.2) is 6.10 Å². The van der Waals surface area contributed by atoms with E-state index in [9.17, 15) is 4.79 Å². The predicted octanol–water partition coefficient (Wildman–Crippen LogP) is 5.16. The summed E-state index contributed by atoms with van der Waals surface area (Å²) in [6, 6.07) is 11.9. The van der Waals surface area contributed by atoms with E-state index in [4.69, 9.17) is 16.3 Å². The molecule has 0 radical (unpaired) electrons. The quantitative estimate of drug-likeness (QED) is 0.773. The summed E-state index contributed by atoms with van der Waals surface area (Å²) >= 11 is 6.17. The third-order valence-electron chi connectivity index (χ3n) is 4.34. The van der Waals surface area contributed by atoms with Crippen molar-refractivity contribution >= 4 is 17.5 Å². The molecule has 0 saturated heterocycles. The van der Waals surface area contributed by atoms with E-state index < -0.39 is 6.10 Å². The van der Waals surface area contributed by atoms with Crippen molar-refractivity contribution in [3.05, 3.63) is 63.7 Å². The Morgan fingerprint density at radius 1 is 1.12 bits per heavy atom. The fraction of sp³-hybridized carbons (Fsp3) is 0.381. The van der Waals surface area contributed by atoms with Crippen molar-refractivity contribution in [2.45, 2.75) is 53.2 Å². The summed E-state index contributed by atoms with van der Waals surface area (Å²) in [7, 11) is 0. The highest BCUT2D eigenvalue weighted by molar-refractivity contribution is 6.32. The second-order valence-corrected chi connectivity index (χ2v) is 6.83. The number of halogens is 1. The van der Waals surface area contributed by atoms with Gasteiger partial charge in [0.1, 0.15) is 5.75 Å². The van der Waals surface area contributed by atoms with Crippen LogP contribution < -0.4 is 10.1 Å². The molecule has 4 heteroatoms. The van der Waals surface area contributed by atoms with E-state index in [1.807, 2.05) is 32.9 Å². The van der Waals surface area contributed by atoms with Gasteiger partial charge < -0.3 is 10.1 Å². The monoisotopic (exact) mass is 359 g/mol. The second-order valence-electron chi connectivity index (χ2n) is 6.46. The summed E-state index contributed by atoms with van der Waals surface area (Å²) in [4.78, 5) is 12.4. The normalized spacial score (nSPS) is 13.2. The molecule has 2 aromatic carbocycles. The van der Waals surface area contributed by atoms with Crippen LogP contribution in [-0.4, -0.2) is 12.0 Å². The van der Waals surface area contributed by atoms with Gasteiger partial charge in [-0.05, 0) is 68.5 Å². The van der Waals surface area contributed by atoms with Crippen LogP contribution in [0.3, 0.4) is 0 Å². The van der Waals surface area contributed by atoms with E-state index in [0.29, 0.717) is 5.75 Å². The maximum Gasteiger partial charge on any atom is 0.261 e. The molecule has 0 fully saturated rings. The number of ether oxygens (including phenoxy) is 1. The highest BCUT2D eigenvalue weighted by Gasteiger charge is 2.18. The van der Waals surface area contributed by atoms with Crippen molar-refractivity contribution in [3.8, 4) is 5.75 Å². The fourth-order valence-electron chi connectivity index (χ4n) is 2.69. The molecule has 2 atom stereocenters. The minimum atomic E-state index is -0.586. The average Bonchev–Trinajstić information content (AvgIpc) is 2.59. The number of rotatable bonds is 6. The number of amides is 1. The summed E-state index contributed by atoms with van der Waals surface area (Å²) in [6.45, 7) is 9.70. The van der Waals surface area contributed by atoms with Crippen LogP contribution in [0.25, 0.3) is 0 Å². The Bertz CT molecular complexity index is 717. The lowest BCUT2D eigenvalue weighted by Gasteiger charge is -2.20. The van der Waals surface area contributed by atoms with E-state index in [-0.39, 0.29) is 11.9 Å². The molecule has 1 N–H and O–H groups in total. The minimum absolute atomic E-state index is 0.0712. The van der Waals surface area contributed by atoms with Crippen molar-refractivity contribution in [2.75, 3.05) is 0 Å². The average molecular weight is 360 g/mol.